The maximum atomic E-state index is 13.3. The number of hydrogen-bond acceptors (Lipinski definition) is 3. The zero-order chi connectivity index (χ0) is 10.9. The summed E-state index contributed by atoms with van der Waals surface area (Å²) in [6, 6.07) is 0. The molecule has 1 aromatic rings. The largest absolute Gasteiger partial charge is 0.302 e. The van der Waals surface area contributed by atoms with Crippen LogP contribution in [-0.4, -0.2) is 10.9 Å². The first-order chi connectivity index (χ1) is 6.30. The first-order valence-electron chi connectivity index (χ1n) is 4.25. The van der Waals surface area contributed by atoms with Crippen LogP contribution in [0.2, 0.25) is 0 Å². The number of nitrogens with one attached hydrogen (secondary N) is 1. The van der Waals surface area contributed by atoms with Crippen molar-refractivity contribution >= 4 is 22.4 Å². The normalized spacial score (nSPS) is 11.5. The lowest BCUT2D eigenvalue weighted by atomic mass is 9.95. The van der Waals surface area contributed by atoms with Crippen molar-refractivity contribution in [3.63, 3.8) is 0 Å². The average Bonchev–Trinajstić information content (AvgIpc) is 2.27. The first kappa shape index (κ1) is 11.1. The Morgan fingerprint density at radius 3 is 2.43 bits per heavy atom. The highest BCUT2D eigenvalue weighted by molar-refractivity contribution is 7.15. The second kappa shape index (κ2) is 3.65. The zero-order valence-corrected chi connectivity index (χ0v) is 9.46. The van der Waals surface area contributed by atoms with Crippen molar-refractivity contribution in [3.05, 3.63) is 10.8 Å². The van der Waals surface area contributed by atoms with Crippen LogP contribution in [0.1, 0.15) is 32.6 Å². The molecule has 3 nitrogen and oxygen atoms in total. The van der Waals surface area contributed by atoms with Gasteiger partial charge in [-0.2, -0.15) is 9.37 Å². The molecule has 1 heterocycles. The second-order valence-corrected chi connectivity index (χ2v) is 5.07. The Labute approximate surface area is 86.4 Å². The van der Waals surface area contributed by atoms with Gasteiger partial charge < -0.3 is 5.32 Å². The van der Waals surface area contributed by atoms with E-state index in [0.717, 1.165) is 0 Å². The van der Waals surface area contributed by atoms with Crippen molar-refractivity contribution in [3.8, 4) is 0 Å². The van der Waals surface area contributed by atoms with Crippen LogP contribution in [0.5, 0.6) is 0 Å². The molecule has 5 heteroatoms. The zero-order valence-electron chi connectivity index (χ0n) is 8.64. The summed E-state index contributed by atoms with van der Waals surface area (Å²) in [5, 5.41) is 2.79. The number of halogens is 1. The summed E-state index contributed by atoms with van der Waals surface area (Å²) in [4.78, 5) is 14.9. The van der Waals surface area contributed by atoms with E-state index in [1.54, 1.807) is 0 Å². The maximum Gasteiger partial charge on any atom is 0.229 e. The quantitative estimate of drug-likeness (QED) is 0.783. The standard InChI is InChI=1S/C9H13FN2OS/c1-5(13)11-8-12-7(10)6(14-8)9(2,3)4/h1-4H3,(H,11,12,13). The Hall–Kier alpha value is -0.970. The van der Waals surface area contributed by atoms with E-state index in [2.05, 4.69) is 10.3 Å². The monoisotopic (exact) mass is 216 g/mol. The third kappa shape index (κ3) is 2.51. The van der Waals surface area contributed by atoms with Crippen molar-refractivity contribution < 1.29 is 9.18 Å². The van der Waals surface area contributed by atoms with Gasteiger partial charge in [-0.3, -0.25) is 4.79 Å². The third-order valence-electron chi connectivity index (χ3n) is 1.55. The van der Waals surface area contributed by atoms with E-state index in [4.69, 9.17) is 0 Å². The van der Waals surface area contributed by atoms with Crippen molar-refractivity contribution in [2.45, 2.75) is 33.1 Å². The molecule has 0 atom stereocenters. The number of rotatable bonds is 1. The molecule has 0 aliphatic heterocycles. The number of aromatic nitrogens is 1. The summed E-state index contributed by atoms with van der Waals surface area (Å²) in [6.07, 6.45) is 0. The summed E-state index contributed by atoms with van der Waals surface area (Å²) in [7, 11) is 0. The Bertz CT molecular complexity index is 354. The first-order valence-corrected chi connectivity index (χ1v) is 5.07. The molecule has 1 N–H and O–H groups in total. The Morgan fingerprint density at radius 2 is 2.07 bits per heavy atom. The van der Waals surface area contributed by atoms with Crippen LogP contribution in [-0.2, 0) is 10.2 Å². The lowest BCUT2D eigenvalue weighted by Crippen LogP contribution is -2.10. The van der Waals surface area contributed by atoms with Crippen LogP contribution >= 0.6 is 11.3 Å². The smallest absolute Gasteiger partial charge is 0.229 e. The summed E-state index contributed by atoms with van der Waals surface area (Å²) >= 11 is 1.18. The van der Waals surface area contributed by atoms with Gasteiger partial charge in [0.05, 0.1) is 4.88 Å². The minimum absolute atomic E-state index is 0.237. The van der Waals surface area contributed by atoms with Crippen molar-refractivity contribution in [1.82, 2.24) is 4.98 Å². The minimum Gasteiger partial charge on any atom is -0.302 e. The summed E-state index contributed by atoms with van der Waals surface area (Å²) in [6.45, 7) is 7.08. The van der Waals surface area contributed by atoms with Gasteiger partial charge >= 0.3 is 0 Å². The topological polar surface area (TPSA) is 42.0 Å². The second-order valence-electron chi connectivity index (χ2n) is 4.07. The predicted molar refractivity (Wildman–Crippen MR) is 55.1 cm³/mol. The van der Waals surface area contributed by atoms with Crippen molar-refractivity contribution in [1.29, 1.82) is 0 Å². The maximum absolute atomic E-state index is 13.3. The Kier molecular flexibility index (Phi) is 2.89. The minimum atomic E-state index is -0.494. The number of amides is 1. The van der Waals surface area contributed by atoms with E-state index in [1.165, 1.54) is 18.3 Å². The summed E-state index contributed by atoms with van der Waals surface area (Å²) in [5.74, 6) is -0.731. The molecular weight excluding hydrogens is 203 g/mol. The van der Waals surface area contributed by atoms with Crippen LogP contribution < -0.4 is 5.32 Å². The van der Waals surface area contributed by atoms with Gasteiger partial charge in [-0.15, -0.1) is 0 Å². The van der Waals surface area contributed by atoms with Gasteiger partial charge in [0, 0.05) is 12.3 Å². The molecule has 0 bridgehead atoms. The molecule has 0 fully saturated rings. The van der Waals surface area contributed by atoms with Gasteiger partial charge in [-0.05, 0) is 0 Å². The van der Waals surface area contributed by atoms with E-state index < -0.39 is 5.95 Å². The van der Waals surface area contributed by atoms with Crippen molar-refractivity contribution in [2.75, 3.05) is 5.32 Å². The number of carbonyl (C=O) groups excluding carboxylic acids is 1. The molecule has 0 saturated heterocycles. The molecule has 0 saturated carbocycles. The SMILES string of the molecule is CC(=O)Nc1nc(F)c(C(C)(C)C)s1. The fourth-order valence-electron chi connectivity index (χ4n) is 0.968. The van der Waals surface area contributed by atoms with Gasteiger partial charge in [-0.25, -0.2) is 0 Å². The molecule has 0 aromatic carbocycles. The lowest BCUT2D eigenvalue weighted by molar-refractivity contribution is -0.114. The number of thiazole rings is 1. The van der Waals surface area contributed by atoms with Gasteiger partial charge in [0.15, 0.2) is 5.13 Å². The summed E-state index contributed by atoms with van der Waals surface area (Å²) < 4.78 is 13.3. The number of hydrogen-bond donors (Lipinski definition) is 1. The van der Waals surface area contributed by atoms with Gasteiger partial charge in [0.25, 0.3) is 0 Å². The molecule has 0 aliphatic rings. The molecule has 0 spiro atoms. The molecule has 0 aliphatic carbocycles. The van der Waals surface area contributed by atoms with Gasteiger partial charge in [0.1, 0.15) is 0 Å². The van der Waals surface area contributed by atoms with E-state index in [0.29, 0.717) is 10.0 Å². The number of nitrogens with zero attached hydrogens (tertiary/aromatic N) is 1. The van der Waals surface area contributed by atoms with Crippen LogP contribution in [0.3, 0.4) is 0 Å². The molecule has 1 amide bonds. The lowest BCUT2D eigenvalue weighted by Gasteiger charge is -2.14. The highest BCUT2D eigenvalue weighted by atomic mass is 32.1. The van der Waals surface area contributed by atoms with Gasteiger partial charge in [0.2, 0.25) is 11.9 Å². The van der Waals surface area contributed by atoms with E-state index in [1.807, 2.05) is 20.8 Å². The van der Waals surface area contributed by atoms with E-state index >= 15 is 0 Å². The molecular formula is C9H13FN2OS. The summed E-state index contributed by atoms with van der Waals surface area (Å²) in [5.41, 5.74) is -0.279. The Balaban J connectivity index is 2.99. The molecule has 1 aromatic heterocycles. The average molecular weight is 216 g/mol. The highest BCUT2D eigenvalue weighted by Crippen LogP contribution is 2.32. The molecule has 78 valence electrons. The fraction of sp³-hybridized carbons (Fsp3) is 0.556. The highest BCUT2D eigenvalue weighted by Gasteiger charge is 2.23. The predicted octanol–water partition coefficient (Wildman–Crippen LogP) is 2.54. The van der Waals surface area contributed by atoms with Gasteiger partial charge in [-0.1, -0.05) is 32.1 Å². The number of carbonyl (C=O) groups is 1. The molecule has 14 heavy (non-hydrogen) atoms. The number of anilines is 1. The third-order valence-corrected chi connectivity index (χ3v) is 2.92. The van der Waals surface area contributed by atoms with Crippen LogP contribution in [0.4, 0.5) is 9.52 Å². The fourth-order valence-corrected chi connectivity index (χ4v) is 1.92. The van der Waals surface area contributed by atoms with Crippen LogP contribution in [0, 0.1) is 5.95 Å². The van der Waals surface area contributed by atoms with E-state index in [-0.39, 0.29) is 11.3 Å². The molecule has 1 rings (SSSR count). The Morgan fingerprint density at radius 1 is 1.50 bits per heavy atom. The van der Waals surface area contributed by atoms with Crippen molar-refractivity contribution in [2.24, 2.45) is 0 Å². The van der Waals surface area contributed by atoms with Crippen LogP contribution in [0.15, 0.2) is 0 Å². The molecule has 0 radical (unpaired) electrons. The molecule has 0 unspecified atom stereocenters. The van der Waals surface area contributed by atoms with Crippen LogP contribution in [0.25, 0.3) is 0 Å². The van der Waals surface area contributed by atoms with E-state index in [9.17, 15) is 9.18 Å².